The van der Waals surface area contributed by atoms with Crippen molar-refractivity contribution in [2.24, 2.45) is 0 Å². The number of nitrogens with zero attached hydrogens (tertiary/aromatic N) is 2. The molecule has 0 bridgehead atoms. The zero-order valence-electron chi connectivity index (χ0n) is 10.6. The fourth-order valence-electron chi connectivity index (χ4n) is 1.67. The summed E-state index contributed by atoms with van der Waals surface area (Å²) in [7, 11) is 0. The molecular formula is C13H15N3O3. The Bertz CT molecular complexity index is 549. The van der Waals surface area contributed by atoms with E-state index in [1.54, 1.807) is 12.1 Å². The average Bonchev–Trinajstić information content (AvgIpc) is 2.88. The topological polar surface area (TPSA) is 81.2 Å². The van der Waals surface area contributed by atoms with Crippen LogP contribution in [0.25, 0.3) is 11.3 Å². The molecule has 0 aliphatic carbocycles. The van der Waals surface area contributed by atoms with Crippen molar-refractivity contribution in [3.63, 3.8) is 0 Å². The summed E-state index contributed by atoms with van der Waals surface area (Å²) in [5, 5.41) is 17.7. The molecule has 0 aliphatic rings. The molecule has 0 atom stereocenters. The van der Waals surface area contributed by atoms with Gasteiger partial charge in [0.2, 0.25) is 0 Å². The van der Waals surface area contributed by atoms with Crippen molar-refractivity contribution >= 4 is 5.69 Å². The summed E-state index contributed by atoms with van der Waals surface area (Å²) >= 11 is 0. The van der Waals surface area contributed by atoms with Gasteiger partial charge in [0.15, 0.2) is 5.76 Å². The van der Waals surface area contributed by atoms with E-state index in [-0.39, 0.29) is 5.69 Å². The molecule has 2 aromatic rings. The molecular weight excluding hydrogens is 246 g/mol. The fraction of sp³-hybridized carbons (Fsp3) is 0.308. The summed E-state index contributed by atoms with van der Waals surface area (Å²) in [5.41, 5.74) is 1.66. The molecule has 1 heterocycles. The number of benzene rings is 1. The van der Waals surface area contributed by atoms with E-state index < -0.39 is 4.92 Å². The van der Waals surface area contributed by atoms with Crippen molar-refractivity contribution in [1.29, 1.82) is 0 Å². The van der Waals surface area contributed by atoms with Crippen molar-refractivity contribution < 1.29 is 9.45 Å². The zero-order valence-corrected chi connectivity index (χ0v) is 10.6. The van der Waals surface area contributed by atoms with Gasteiger partial charge in [-0.1, -0.05) is 12.1 Å². The second-order valence-electron chi connectivity index (χ2n) is 4.16. The summed E-state index contributed by atoms with van der Waals surface area (Å²) < 4.78 is 5.22. The normalized spacial score (nSPS) is 10.6. The van der Waals surface area contributed by atoms with Gasteiger partial charge in [-0.25, -0.2) is 0 Å². The number of nitrogens with one attached hydrogen (secondary N) is 1. The highest BCUT2D eigenvalue weighted by Gasteiger charge is 2.09. The molecule has 0 saturated carbocycles. The number of nitro groups is 1. The second-order valence-corrected chi connectivity index (χ2v) is 4.16. The summed E-state index contributed by atoms with van der Waals surface area (Å²) in [5.74, 6) is 0.614. The van der Waals surface area contributed by atoms with Gasteiger partial charge in [0.25, 0.3) is 5.69 Å². The summed E-state index contributed by atoms with van der Waals surface area (Å²) in [6.07, 6.45) is 1.06. The van der Waals surface area contributed by atoms with Crippen LogP contribution in [0, 0.1) is 10.1 Å². The third-order valence-corrected chi connectivity index (χ3v) is 2.65. The Labute approximate surface area is 110 Å². The molecule has 1 aromatic heterocycles. The minimum Gasteiger partial charge on any atom is -0.356 e. The van der Waals surface area contributed by atoms with Crippen LogP contribution in [0.15, 0.2) is 34.9 Å². The summed E-state index contributed by atoms with van der Waals surface area (Å²) in [6, 6.07) is 8.05. The van der Waals surface area contributed by atoms with Gasteiger partial charge in [0.05, 0.1) is 10.6 Å². The van der Waals surface area contributed by atoms with Crippen LogP contribution < -0.4 is 5.32 Å². The van der Waals surface area contributed by atoms with Crippen LogP contribution in [0.4, 0.5) is 5.69 Å². The SMILES string of the molecule is CCCNCc1cc(-c2ccc([N+](=O)[O-])cc2)on1. The van der Waals surface area contributed by atoms with Crippen LogP contribution in [-0.4, -0.2) is 16.6 Å². The number of aromatic nitrogens is 1. The largest absolute Gasteiger partial charge is 0.356 e. The molecule has 0 amide bonds. The molecule has 0 saturated heterocycles. The Hall–Kier alpha value is -2.21. The number of hydrogen-bond acceptors (Lipinski definition) is 5. The van der Waals surface area contributed by atoms with Crippen molar-refractivity contribution in [3.8, 4) is 11.3 Å². The molecule has 6 heteroatoms. The quantitative estimate of drug-likeness (QED) is 0.491. The van der Waals surface area contributed by atoms with Crippen LogP contribution >= 0.6 is 0 Å². The van der Waals surface area contributed by atoms with E-state index in [1.165, 1.54) is 12.1 Å². The first-order valence-electron chi connectivity index (χ1n) is 6.12. The van der Waals surface area contributed by atoms with Crippen molar-refractivity contribution in [1.82, 2.24) is 10.5 Å². The molecule has 0 spiro atoms. The van der Waals surface area contributed by atoms with Crippen LogP contribution in [-0.2, 0) is 6.54 Å². The smallest absolute Gasteiger partial charge is 0.269 e. The third kappa shape index (κ3) is 3.38. The Balaban J connectivity index is 2.07. The van der Waals surface area contributed by atoms with Gasteiger partial charge in [-0.05, 0) is 25.1 Å². The van der Waals surface area contributed by atoms with Crippen LogP contribution in [0.2, 0.25) is 0 Å². The van der Waals surface area contributed by atoms with E-state index >= 15 is 0 Å². The Morgan fingerprint density at radius 2 is 2.11 bits per heavy atom. The molecule has 6 nitrogen and oxygen atoms in total. The van der Waals surface area contributed by atoms with Crippen LogP contribution in [0.1, 0.15) is 19.0 Å². The van der Waals surface area contributed by atoms with Crippen LogP contribution in [0.5, 0.6) is 0 Å². The lowest BCUT2D eigenvalue weighted by Crippen LogP contribution is -2.13. The average molecular weight is 261 g/mol. The van der Waals surface area contributed by atoms with Gasteiger partial charge < -0.3 is 9.84 Å². The third-order valence-electron chi connectivity index (χ3n) is 2.65. The molecule has 0 radical (unpaired) electrons. The van der Waals surface area contributed by atoms with E-state index in [1.807, 2.05) is 6.07 Å². The molecule has 0 unspecified atom stereocenters. The predicted octanol–water partition coefficient (Wildman–Crippen LogP) is 2.75. The first-order valence-corrected chi connectivity index (χ1v) is 6.12. The minimum absolute atomic E-state index is 0.0631. The first kappa shape index (κ1) is 13.2. The lowest BCUT2D eigenvalue weighted by Gasteiger charge is -1.96. The molecule has 2 rings (SSSR count). The van der Waals surface area contributed by atoms with Gasteiger partial charge in [-0.15, -0.1) is 0 Å². The highest BCUT2D eigenvalue weighted by Crippen LogP contribution is 2.23. The van der Waals surface area contributed by atoms with E-state index in [0.29, 0.717) is 12.3 Å². The molecule has 1 aromatic carbocycles. The van der Waals surface area contributed by atoms with Gasteiger partial charge in [-0.3, -0.25) is 10.1 Å². The summed E-state index contributed by atoms with van der Waals surface area (Å²) in [4.78, 5) is 10.1. The number of rotatable bonds is 6. The Morgan fingerprint density at radius 1 is 1.37 bits per heavy atom. The molecule has 0 aliphatic heterocycles. The zero-order chi connectivity index (χ0) is 13.7. The Kier molecular flexibility index (Phi) is 4.25. The molecule has 0 fully saturated rings. The maximum absolute atomic E-state index is 10.6. The second kappa shape index (κ2) is 6.10. The number of nitro benzene ring substituents is 1. The Morgan fingerprint density at radius 3 is 2.74 bits per heavy atom. The van der Waals surface area contributed by atoms with E-state index in [2.05, 4.69) is 17.4 Å². The van der Waals surface area contributed by atoms with Gasteiger partial charge in [-0.2, -0.15) is 0 Å². The number of non-ortho nitro benzene ring substituents is 1. The van der Waals surface area contributed by atoms with Gasteiger partial charge in [0, 0.05) is 30.3 Å². The molecule has 100 valence electrons. The van der Waals surface area contributed by atoms with Crippen LogP contribution in [0.3, 0.4) is 0 Å². The van der Waals surface area contributed by atoms with Crippen molar-refractivity contribution in [2.75, 3.05) is 6.54 Å². The summed E-state index contributed by atoms with van der Waals surface area (Å²) in [6.45, 7) is 3.68. The lowest BCUT2D eigenvalue weighted by atomic mass is 10.1. The predicted molar refractivity (Wildman–Crippen MR) is 70.6 cm³/mol. The molecule has 1 N–H and O–H groups in total. The highest BCUT2D eigenvalue weighted by molar-refractivity contribution is 5.59. The number of hydrogen-bond donors (Lipinski definition) is 1. The standard InChI is InChI=1S/C13H15N3O3/c1-2-7-14-9-11-8-13(19-15-11)10-3-5-12(6-4-10)16(17)18/h3-6,8,14H,2,7,9H2,1H3. The monoisotopic (exact) mass is 261 g/mol. The first-order chi connectivity index (χ1) is 9.20. The van der Waals surface area contributed by atoms with Gasteiger partial charge in [0.1, 0.15) is 0 Å². The lowest BCUT2D eigenvalue weighted by molar-refractivity contribution is -0.384. The van der Waals surface area contributed by atoms with E-state index in [9.17, 15) is 10.1 Å². The maximum Gasteiger partial charge on any atom is 0.269 e. The van der Waals surface area contributed by atoms with E-state index in [4.69, 9.17) is 4.52 Å². The van der Waals surface area contributed by atoms with Crippen molar-refractivity contribution in [2.45, 2.75) is 19.9 Å². The van der Waals surface area contributed by atoms with E-state index in [0.717, 1.165) is 24.2 Å². The highest BCUT2D eigenvalue weighted by atomic mass is 16.6. The molecule has 19 heavy (non-hydrogen) atoms. The minimum atomic E-state index is -0.426. The van der Waals surface area contributed by atoms with Crippen molar-refractivity contribution in [3.05, 3.63) is 46.1 Å². The van der Waals surface area contributed by atoms with Gasteiger partial charge >= 0.3 is 0 Å². The maximum atomic E-state index is 10.6. The fourth-order valence-corrected chi connectivity index (χ4v) is 1.67.